The smallest absolute Gasteiger partial charge is 0.258 e. The first-order valence-corrected chi connectivity index (χ1v) is 12.6. The molecule has 9 nitrogen and oxygen atoms in total. The highest BCUT2D eigenvalue weighted by atomic mass is 19.1. The number of halogens is 2. The lowest BCUT2D eigenvalue weighted by Gasteiger charge is -2.37. The van der Waals surface area contributed by atoms with E-state index in [1.54, 1.807) is 19.1 Å². The lowest BCUT2D eigenvalue weighted by molar-refractivity contribution is 0.0945. The number of hydrogen-bond acceptors (Lipinski definition) is 7. The molecule has 1 aromatic carbocycles. The predicted octanol–water partition coefficient (Wildman–Crippen LogP) is 3.55. The number of carbonyl (C=O) groups excluding carboxylic acids is 1. The molecule has 200 valence electrons. The minimum absolute atomic E-state index is 0.0128. The molecule has 1 aliphatic carbocycles. The van der Waals surface area contributed by atoms with Crippen LogP contribution in [0.15, 0.2) is 42.9 Å². The van der Waals surface area contributed by atoms with Crippen LogP contribution in [0.1, 0.15) is 40.6 Å². The molecule has 1 unspecified atom stereocenters. The van der Waals surface area contributed by atoms with Crippen LogP contribution in [0.25, 0.3) is 10.9 Å². The van der Waals surface area contributed by atoms with Crippen LogP contribution in [-0.2, 0) is 0 Å². The number of piperazine rings is 1. The van der Waals surface area contributed by atoms with Gasteiger partial charge < -0.3 is 30.6 Å². The highest BCUT2D eigenvalue weighted by Gasteiger charge is 2.32. The molecule has 1 amide bonds. The van der Waals surface area contributed by atoms with E-state index in [9.17, 15) is 9.18 Å². The maximum absolute atomic E-state index is 15.4. The van der Waals surface area contributed by atoms with Gasteiger partial charge in [0.25, 0.3) is 5.91 Å². The molecule has 11 heteroatoms. The molecule has 1 atom stereocenters. The lowest BCUT2D eigenvalue weighted by atomic mass is 10.0. The zero-order valence-corrected chi connectivity index (χ0v) is 21.4. The number of nitrogens with zero attached hydrogens (tertiary/aromatic N) is 4. The standard InChI is InChI=1S/C27H31F2N7O2/c1-4-5-19(36-10-8-35(3)9-11-36)23(30)25-21(26(37)34-16-6-7-16)27(32-14-31-25)38-20-13-18(28)24-17(22(20)29)12-15(2)33-24/h4-5,12-14,16,23,33H,1,6-11,30H2,2-3H3,(H,34,37)/b19-5+. The largest absolute Gasteiger partial charge is 0.435 e. The SMILES string of the molecule is C=C/C=C(\C(N)c1ncnc(Oc2cc(F)c3[nH]c(C)cc3c2F)c1C(=O)NC1CC1)N1CCN(C)CC1. The molecular formula is C27H31F2N7O2. The minimum atomic E-state index is -0.821. The molecule has 1 saturated heterocycles. The zero-order valence-electron chi connectivity index (χ0n) is 21.4. The number of aryl methyl sites for hydroxylation is 1. The number of allylic oxidation sites excluding steroid dienone is 2. The van der Waals surface area contributed by atoms with Crippen LogP contribution < -0.4 is 15.8 Å². The summed E-state index contributed by atoms with van der Waals surface area (Å²) < 4.78 is 35.9. The van der Waals surface area contributed by atoms with Crippen LogP contribution in [0.2, 0.25) is 0 Å². The second-order valence-electron chi connectivity index (χ2n) is 9.80. The fraction of sp³-hybridized carbons (Fsp3) is 0.370. The van der Waals surface area contributed by atoms with Crippen LogP contribution in [0.5, 0.6) is 11.6 Å². The van der Waals surface area contributed by atoms with Gasteiger partial charge in [-0.15, -0.1) is 0 Å². The van der Waals surface area contributed by atoms with Crippen molar-refractivity contribution < 1.29 is 18.3 Å². The number of H-pyrrole nitrogens is 1. The Morgan fingerprint density at radius 3 is 2.68 bits per heavy atom. The molecular weight excluding hydrogens is 492 g/mol. The summed E-state index contributed by atoms with van der Waals surface area (Å²) in [6, 6.07) is 1.63. The van der Waals surface area contributed by atoms with Crippen molar-refractivity contribution in [1.29, 1.82) is 0 Å². The molecule has 2 aromatic heterocycles. The number of nitrogens with one attached hydrogen (secondary N) is 2. The summed E-state index contributed by atoms with van der Waals surface area (Å²) in [4.78, 5) is 29.1. The maximum Gasteiger partial charge on any atom is 0.258 e. The number of hydrogen-bond donors (Lipinski definition) is 3. The molecule has 38 heavy (non-hydrogen) atoms. The van der Waals surface area contributed by atoms with Gasteiger partial charge in [-0.25, -0.2) is 18.7 Å². The van der Waals surface area contributed by atoms with E-state index in [-0.39, 0.29) is 34.1 Å². The Morgan fingerprint density at radius 1 is 1.26 bits per heavy atom. The number of ether oxygens (including phenoxy) is 1. The molecule has 4 N–H and O–H groups in total. The van der Waals surface area contributed by atoms with Gasteiger partial charge in [0.1, 0.15) is 11.9 Å². The number of fused-ring (bicyclic) bond motifs is 1. The van der Waals surface area contributed by atoms with Gasteiger partial charge >= 0.3 is 0 Å². The first kappa shape index (κ1) is 25.8. The van der Waals surface area contributed by atoms with Crippen molar-refractivity contribution in [2.45, 2.75) is 31.8 Å². The Morgan fingerprint density at radius 2 is 2.00 bits per heavy atom. The normalized spacial score (nSPS) is 17.5. The Balaban J connectivity index is 1.56. The van der Waals surface area contributed by atoms with Gasteiger partial charge in [0.15, 0.2) is 17.4 Å². The van der Waals surface area contributed by atoms with Crippen molar-refractivity contribution in [3.05, 3.63) is 71.5 Å². The maximum atomic E-state index is 15.4. The van der Waals surface area contributed by atoms with Gasteiger partial charge in [-0.3, -0.25) is 4.79 Å². The van der Waals surface area contributed by atoms with E-state index in [0.29, 0.717) is 5.69 Å². The predicted molar refractivity (Wildman–Crippen MR) is 140 cm³/mol. The van der Waals surface area contributed by atoms with Crippen LogP contribution in [0, 0.1) is 18.6 Å². The van der Waals surface area contributed by atoms with E-state index >= 15 is 4.39 Å². The van der Waals surface area contributed by atoms with Crippen molar-refractivity contribution in [3.63, 3.8) is 0 Å². The Bertz CT molecular complexity index is 1410. The summed E-state index contributed by atoms with van der Waals surface area (Å²) in [6.07, 6.45) is 6.36. The summed E-state index contributed by atoms with van der Waals surface area (Å²) in [6.45, 7) is 8.70. The quantitative estimate of drug-likeness (QED) is 0.387. The van der Waals surface area contributed by atoms with Crippen molar-refractivity contribution in [2.24, 2.45) is 5.73 Å². The molecule has 0 bridgehead atoms. The van der Waals surface area contributed by atoms with Gasteiger partial charge in [0, 0.05) is 55.1 Å². The van der Waals surface area contributed by atoms with Gasteiger partial charge in [-0.05, 0) is 39.0 Å². The molecule has 2 aliphatic rings. The van der Waals surface area contributed by atoms with E-state index in [0.717, 1.165) is 50.8 Å². The second-order valence-corrected chi connectivity index (χ2v) is 9.80. The second kappa shape index (κ2) is 10.5. The third-order valence-corrected chi connectivity index (χ3v) is 6.86. The first-order valence-electron chi connectivity index (χ1n) is 12.6. The van der Waals surface area contributed by atoms with E-state index in [1.807, 2.05) is 0 Å². The lowest BCUT2D eigenvalue weighted by Crippen LogP contribution is -2.45. The zero-order chi connectivity index (χ0) is 27.0. The fourth-order valence-electron chi connectivity index (χ4n) is 4.64. The third-order valence-electron chi connectivity index (χ3n) is 6.86. The van der Waals surface area contributed by atoms with E-state index < -0.39 is 29.3 Å². The summed E-state index contributed by atoms with van der Waals surface area (Å²) in [5, 5.41) is 2.96. The topological polar surface area (TPSA) is 112 Å². The van der Waals surface area contributed by atoms with Crippen LogP contribution in [-0.4, -0.2) is 69.9 Å². The monoisotopic (exact) mass is 523 g/mol. The summed E-state index contributed by atoms with van der Waals surface area (Å²) in [5.74, 6) is -2.54. The third kappa shape index (κ3) is 5.11. The van der Waals surface area contributed by atoms with Gasteiger partial charge in [0.2, 0.25) is 5.88 Å². The molecule has 3 aromatic rings. The van der Waals surface area contributed by atoms with Crippen LogP contribution >= 0.6 is 0 Å². The van der Waals surface area contributed by atoms with Gasteiger partial charge in [0.05, 0.1) is 17.3 Å². The minimum Gasteiger partial charge on any atom is -0.435 e. The highest BCUT2D eigenvalue weighted by Crippen LogP contribution is 2.35. The first-order chi connectivity index (χ1) is 18.3. The van der Waals surface area contributed by atoms with Crippen molar-refractivity contribution in [3.8, 4) is 11.6 Å². The van der Waals surface area contributed by atoms with E-state index in [2.05, 4.69) is 43.7 Å². The number of carbonyl (C=O) groups is 1. The highest BCUT2D eigenvalue weighted by molar-refractivity contribution is 5.98. The Labute approximate surface area is 219 Å². The number of amides is 1. The number of likely N-dealkylation sites (N-methyl/N-ethyl adjacent to an activating group) is 1. The number of rotatable bonds is 8. The number of benzene rings is 1. The van der Waals surface area contributed by atoms with Crippen LogP contribution in [0.4, 0.5) is 8.78 Å². The summed E-state index contributed by atoms with van der Waals surface area (Å²) in [5.41, 5.74) is 8.31. The molecule has 3 heterocycles. The van der Waals surface area contributed by atoms with E-state index in [1.165, 1.54) is 12.4 Å². The molecule has 1 aliphatic heterocycles. The summed E-state index contributed by atoms with van der Waals surface area (Å²) in [7, 11) is 2.05. The molecule has 2 fully saturated rings. The van der Waals surface area contributed by atoms with Crippen molar-refractivity contribution in [1.82, 2.24) is 30.1 Å². The molecule has 5 rings (SSSR count). The number of aromatic nitrogens is 3. The molecule has 0 spiro atoms. The van der Waals surface area contributed by atoms with E-state index in [4.69, 9.17) is 10.5 Å². The van der Waals surface area contributed by atoms with Gasteiger partial charge in [-0.2, -0.15) is 0 Å². The average molecular weight is 524 g/mol. The average Bonchev–Trinajstić information content (AvgIpc) is 3.62. The Kier molecular flexibility index (Phi) is 7.13. The van der Waals surface area contributed by atoms with Crippen molar-refractivity contribution >= 4 is 16.8 Å². The van der Waals surface area contributed by atoms with Crippen molar-refractivity contribution in [2.75, 3.05) is 33.2 Å². The molecule has 1 saturated carbocycles. The fourth-order valence-corrected chi connectivity index (χ4v) is 4.64. The number of nitrogens with two attached hydrogens (primary N) is 1. The molecule has 0 radical (unpaired) electrons. The Hall–Kier alpha value is -3.83. The summed E-state index contributed by atoms with van der Waals surface area (Å²) >= 11 is 0. The number of aromatic amines is 1. The van der Waals surface area contributed by atoms with Gasteiger partial charge in [-0.1, -0.05) is 12.7 Å². The van der Waals surface area contributed by atoms with Crippen LogP contribution in [0.3, 0.4) is 0 Å².